The molecular weight excluding hydrogens is 268 g/mol. The van der Waals surface area contributed by atoms with Crippen LogP contribution >= 0.6 is 11.6 Å². The molecule has 1 aromatic rings. The van der Waals surface area contributed by atoms with Crippen LogP contribution in [-0.4, -0.2) is 26.1 Å². The van der Waals surface area contributed by atoms with Crippen molar-refractivity contribution in [3.8, 4) is 5.75 Å². The lowest BCUT2D eigenvalue weighted by atomic mass is 10.2. The Kier molecular flexibility index (Phi) is 6.57. The second kappa shape index (κ2) is 8.24. The minimum Gasteiger partial charge on any atom is -0.496 e. The molecule has 0 atom stereocenters. The molecule has 0 aliphatic rings. The third-order valence-corrected chi connectivity index (χ3v) is 2.68. The van der Waals surface area contributed by atoms with Crippen molar-refractivity contribution in [2.45, 2.75) is 12.8 Å². The summed E-state index contributed by atoms with van der Waals surface area (Å²) in [5.41, 5.74) is 8.55. The number of nitrogens with one attached hydrogen (secondary N) is 1. The van der Waals surface area contributed by atoms with Gasteiger partial charge in [-0.15, -0.1) is 0 Å². The molecule has 0 bridgehead atoms. The summed E-state index contributed by atoms with van der Waals surface area (Å²) in [6.07, 6.45) is 1.49. The predicted octanol–water partition coefficient (Wildman–Crippen LogP) is 3.17. The van der Waals surface area contributed by atoms with Gasteiger partial charge in [-0.1, -0.05) is 16.7 Å². The van der Waals surface area contributed by atoms with Gasteiger partial charge in [-0.25, -0.2) is 0 Å². The summed E-state index contributed by atoms with van der Waals surface area (Å²) >= 11 is 5.82. The van der Waals surface area contributed by atoms with Crippen molar-refractivity contribution in [2.24, 2.45) is 5.11 Å². The van der Waals surface area contributed by atoms with Crippen molar-refractivity contribution in [3.63, 3.8) is 0 Å². The first-order chi connectivity index (χ1) is 9.19. The van der Waals surface area contributed by atoms with Gasteiger partial charge in [0.2, 0.25) is 0 Å². The van der Waals surface area contributed by atoms with Crippen LogP contribution in [0.15, 0.2) is 23.3 Å². The Balaban J connectivity index is 2.47. The van der Waals surface area contributed by atoms with Crippen LogP contribution in [0.5, 0.6) is 5.75 Å². The zero-order valence-corrected chi connectivity index (χ0v) is 11.4. The van der Waals surface area contributed by atoms with Gasteiger partial charge in [0.05, 0.1) is 12.7 Å². The molecule has 1 rings (SSSR count). The zero-order valence-electron chi connectivity index (χ0n) is 10.6. The van der Waals surface area contributed by atoms with E-state index in [0.717, 1.165) is 12.8 Å². The van der Waals surface area contributed by atoms with E-state index < -0.39 is 0 Å². The first-order valence-electron chi connectivity index (χ1n) is 5.81. The number of carbonyl (C=O) groups excluding carboxylic acids is 1. The molecule has 7 heteroatoms. The van der Waals surface area contributed by atoms with Crippen molar-refractivity contribution in [3.05, 3.63) is 39.2 Å². The number of carbonyl (C=O) groups is 1. The monoisotopic (exact) mass is 282 g/mol. The SMILES string of the molecule is COc1cc(Cl)ccc1C(=O)NCCCCN=[N+]=[N-]. The Morgan fingerprint density at radius 2 is 2.32 bits per heavy atom. The van der Waals surface area contributed by atoms with Crippen LogP contribution in [0, 0.1) is 0 Å². The normalized spacial score (nSPS) is 9.58. The molecule has 0 saturated heterocycles. The highest BCUT2D eigenvalue weighted by molar-refractivity contribution is 6.30. The van der Waals surface area contributed by atoms with Crippen LogP contribution in [0.25, 0.3) is 10.4 Å². The van der Waals surface area contributed by atoms with Gasteiger partial charge >= 0.3 is 0 Å². The predicted molar refractivity (Wildman–Crippen MR) is 73.6 cm³/mol. The number of benzene rings is 1. The molecule has 0 aromatic heterocycles. The summed E-state index contributed by atoms with van der Waals surface area (Å²) in [7, 11) is 1.49. The average Bonchev–Trinajstić information content (AvgIpc) is 2.42. The van der Waals surface area contributed by atoms with Crippen molar-refractivity contribution < 1.29 is 9.53 Å². The van der Waals surface area contributed by atoms with Crippen molar-refractivity contribution in [1.29, 1.82) is 0 Å². The number of hydrogen-bond acceptors (Lipinski definition) is 3. The van der Waals surface area contributed by atoms with Gasteiger partial charge in [-0.3, -0.25) is 4.79 Å². The van der Waals surface area contributed by atoms with Crippen LogP contribution in [-0.2, 0) is 0 Å². The maximum atomic E-state index is 11.9. The Bertz CT molecular complexity index is 487. The number of methoxy groups -OCH3 is 1. The van der Waals surface area contributed by atoms with E-state index in [9.17, 15) is 4.79 Å². The lowest BCUT2D eigenvalue weighted by molar-refractivity contribution is 0.0950. The van der Waals surface area contributed by atoms with E-state index in [1.807, 2.05) is 0 Å². The number of rotatable bonds is 7. The first-order valence-corrected chi connectivity index (χ1v) is 6.19. The van der Waals surface area contributed by atoms with E-state index in [2.05, 4.69) is 15.3 Å². The third kappa shape index (κ3) is 5.07. The number of ether oxygens (including phenoxy) is 1. The van der Waals surface area contributed by atoms with E-state index >= 15 is 0 Å². The largest absolute Gasteiger partial charge is 0.496 e. The van der Waals surface area contributed by atoms with Crippen LogP contribution in [0.1, 0.15) is 23.2 Å². The fraction of sp³-hybridized carbons (Fsp3) is 0.417. The second-order valence-electron chi connectivity index (χ2n) is 3.76. The maximum Gasteiger partial charge on any atom is 0.255 e. The molecule has 0 aliphatic carbocycles. The summed E-state index contributed by atoms with van der Waals surface area (Å²) in [6, 6.07) is 4.86. The topological polar surface area (TPSA) is 87.1 Å². The van der Waals surface area contributed by atoms with Crippen LogP contribution in [0.2, 0.25) is 5.02 Å². The standard InChI is InChI=1S/C12H15ClN4O2/c1-19-11-8-9(13)4-5-10(11)12(18)15-6-2-3-7-16-17-14/h4-5,8H,2-3,6-7H2,1H3,(H,15,18). The minimum absolute atomic E-state index is 0.211. The van der Waals surface area contributed by atoms with Gasteiger partial charge in [-0.05, 0) is 36.6 Å². The van der Waals surface area contributed by atoms with E-state index in [-0.39, 0.29) is 5.91 Å². The van der Waals surface area contributed by atoms with Gasteiger partial charge in [0.15, 0.2) is 0 Å². The fourth-order valence-corrected chi connectivity index (χ4v) is 1.66. The van der Waals surface area contributed by atoms with E-state index in [1.54, 1.807) is 18.2 Å². The lowest BCUT2D eigenvalue weighted by Gasteiger charge is -2.09. The molecule has 1 N–H and O–H groups in total. The maximum absolute atomic E-state index is 11.9. The molecule has 1 aromatic carbocycles. The van der Waals surface area contributed by atoms with Gasteiger partial charge in [0, 0.05) is 23.0 Å². The molecule has 0 spiro atoms. The summed E-state index contributed by atoms with van der Waals surface area (Å²) in [5, 5.41) is 6.71. The minimum atomic E-state index is -0.211. The number of halogens is 1. The summed E-state index contributed by atoms with van der Waals surface area (Å²) in [6.45, 7) is 0.961. The van der Waals surface area contributed by atoms with Crippen molar-refractivity contribution >= 4 is 17.5 Å². The smallest absolute Gasteiger partial charge is 0.255 e. The van der Waals surface area contributed by atoms with E-state index in [1.165, 1.54) is 7.11 Å². The second-order valence-corrected chi connectivity index (χ2v) is 4.20. The van der Waals surface area contributed by atoms with Crippen molar-refractivity contribution in [1.82, 2.24) is 5.32 Å². The first kappa shape index (κ1) is 15.1. The lowest BCUT2D eigenvalue weighted by Crippen LogP contribution is -2.25. The number of amides is 1. The third-order valence-electron chi connectivity index (χ3n) is 2.44. The van der Waals surface area contributed by atoms with E-state index in [4.69, 9.17) is 21.9 Å². The molecule has 0 fully saturated rings. The summed E-state index contributed by atoms with van der Waals surface area (Å²) in [4.78, 5) is 14.6. The summed E-state index contributed by atoms with van der Waals surface area (Å²) < 4.78 is 5.11. The van der Waals surface area contributed by atoms with Gasteiger partial charge in [0.25, 0.3) is 5.91 Å². The fourth-order valence-electron chi connectivity index (χ4n) is 1.50. The highest BCUT2D eigenvalue weighted by Crippen LogP contribution is 2.22. The number of nitrogens with zero attached hydrogens (tertiary/aromatic N) is 3. The Hall–Kier alpha value is -1.91. The number of unbranched alkanes of at least 4 members (excludes halogenated alkanes) is 1. The Labute approximate surface area is 116 Å². The molecule has 0 aliphatic heterocycles. The Morgan fingerprint density at radius 3 is 3.00 bits per heavy atom. The summed E-state index contributed by atoms with van der Waals surface area (Å²) in [5.74, 6) is 0.233. The average molecular weight is 283 g/mol. The van der Waals surface area contributed by atoms with Gasteiger partial charge < -0.3 is 10.1 Å². The molecule has 19 heavy (non-hydrogen) atoms. The van der Waals surface area contributed by atoms with Crippen molar-refractivity contribution in [2.75, 3.05) is 20.2 Å². The molecule has 6 nitrogen and oxygen atoms in total. The molecule has 1 amide bonds. The quantitative estimate of drug-likeness (QED) is 0.360. The zero-order chi connectivity index (χ0) is 14.1. The molecular formula is C12H15ClN4O2. The highest BCUT2D eigenvalue weighted by Gasteiger charge is 2.11. The molecule has 0 unspecified atom stereocenters. The molecule has 102 valence electrons. The Morgan fingerprint density at radius 1 is 1.53 bits per heavy atom. The number of azide groups is 1. The molecule has 0 heterocycles. The van der Waals surface area contributed by atoms with Gasteiger partial charge in [0.1, 0.15) is 5.75 Å². The van der Waals surface area contributed by atoms with Crippen LogP contribution in [0.4, 0.5) is 0 Å². The van der Waals surface area contributed by atoms with Crippen LogP contribution < -0.4 is 10.1 Å². The molecule has 0 saturated carbocycles. The van der Waals surface area contributed by atoms with Crippen LogP contribution in [0.3, 0.4) is 0 Å². The van der Waals surface area contributed by atoms with Gasteiger partial charge in [-0.2, -0.15) is 0 Å². The highest BCUT2D eigenvalue weighted by atomic mass is 35.5. The van der Waals surface area contributed by atoms with E-state index in [0.29, 0.717) is 29.4 Å². The molecule has 0 radical (unpaired) electrons. The number of hydrogen-bond donors (Lipinski definition) is 1.